The van der Waals surface area contributed by atoms with Gasteiger partial charge in [0, 0.05) is 23.2 Å². The van der Waals surface area contributed by atoms with Crippen molar-refractivity contribution in [2.45, 2.75) is 19.8 Å². The van der Waals surface area contributed by atoms with Gasteiger partial charge in [0.2, 0.25) is 0 Å². The van der Waals surface area contributed by atoms with Crippen molar-refractivity contribution in [2.24, 2.45) is 0 Å². The summed E-state index contributed by atoms with van der Waals surface area (Å²) in [4.78, 5) is 2.53. The third kappa shape index (κ3) is 3.22. The molecule has 1 aromatic carbocycles. The highest BCUT2D eigenvalue weighted by Crippen LogP contribution is 2.20. The van der Waals surface area contributed by atoms with Gasteiger partial charge in [-0.25, -0.2) is 0 Å². The first-order valence-electron chi connectivity index (χ1n) is 5.98. The van der Waals surface area contributed by atoms with Crippen LogP contribution in [0.3, 0.4) is 0 Å². The number of benzene rings is 1. The Hall–Kier alpha value is -0.540. The van der Waals surface area contributed by atoms with Crippen molar-refractivity contribution in [3.05, 3.63) is 28.2 Å². The van der Waals surface area contributed by atoms with Gasteiger partial charge in [-0.1, -0.05) is 22.0 Å². The van der Waals surface area contributed by atoms with Crippen LogP contribution in [0.4, 0.5) is 5.69 Å². The van der Waals surface area contributed by atoms with Crippen molar-refractivity contribution < 1.29 is 0 Å². The maximum atomic E-state index is 3.51. The number of nitrogens with zero attached hydrogens (tertiary/aromatic N) is 1. The lowest BCUT2D eigenvalue weighted by Crippen LogP contribution is -2.26. The number of hydrogen-bond acceptors (Lipinski definition) is 2. The van der Waals surface area contributed by atoms with Crippen LogP contribution in [-0.4, -0.2) is 31.1 Å². The molecule has 0 aromatic heterocycles. The van der Waals surface area contributed by atoms with E-state index in [0.29, 0.717) is 0 Å². The minimum Gasteiger partial charge on any atom is -0.384 e. The molecule has 0 saturated carbocycles. The highest BCUT2D eigenvalue weighted by Gasteiger charge is 2.10. The normalized spacial score (nSPS) is 16.6. The molecular formula is C13H19BrN2. The van der Waals surface area contributed by atoms with Crippen LogP contribution in [0.1, 0.15) is 18.4 Å². The Kier molecular flexibility index (Phi) is 4.24. The van der Waals surface area contributed by atoms with Gasteiger partial charge in [-0.3, -0.25) is 0 Å². The summed E-state index contributed by atoms with van der Waals surface area (Å²) in [6.07, 6.45) is 2.74. The molecule has 1 N–H and O–H groups in total. The van der Waals surface area contributed by atoms with E-state index >= 15 is 0 Å². The van der Waals surface area contributed by atoms with Gasteiger partial charge in [0.15, 0.2) is 0 Å². The van der Waals surface area contributed by atoms with Gasteiger partial charge in [-0.2, -0.15) is 0 Å². The van der Waals surface area contributed by atoms with Gasteiger partial charge in [0.05, 0.1) is 0 Å². The molecule has 2 rings (SSSR count). The number of hydrogen-bond donors (Lipinski definition) is 1. The Morgan fingerprint density at radius 3 is 2.81 bits per heavy atom. The van der Waals surface area contributed by atoms with Gasteiger partial charge >= 0.3 is 0 Å². The highest BCUT2D eigenvalue weighted by atomic mass is 79.9. The Morgan fingerprint density at radius 1 is 1.31 bits per heavy atom. The maximum absolute atomic E-state index is 3.51. The molecule has 0 bridgehead atoms. The monoisotopic (exact) mass is 282 g/mol. The first-order valence-corrected chi connectivity index (χ1v) is 6.77. The van der Waals surface area contributed by atoms with Crippen molar-refractivity contribution in [1.82, 2.24) is 4.90 Å². The zero-order chi connectivity index (χ0) is 11.4. The minimum absolute atomic E-state index is 1.04. The summed E-state index contributed by atoms with van der Waals surface area (Å²) in [7, 11) is 0. The summed E-state index contributed by atoms with van der Waals surface area (Å²) in [6.45, 7) is 6.90. The molecule has 88 valence electrons. The molecule has 0 atom stereocenters. The fourth-order valence-corrected chi connectivity index (χ4v) is 2.50. The van der Waals surface area contributed by atoms with E-state index in [2.05, 4.69) is 51.3 Å². The first kappa shape index (κ1) is 11.9. The predicted molar refractivity (Wildman–Crippen MR) is 73.0 cm³/mol. The minimum atomic E-state index is 1.04. The Morgan fingerprint density at radius 2 is 2.06 bits per heavy atom. The molecular weight excluding hydrogens is 264 g/mol. The Bertz CT molecular complexity index is 346. The van der Waals surface area contributed by atoms with Crippen LogP contribution in [0.15, 0.2) is 22.7 Å². The van der Waals surface area contributed by atoms with Crippen LogP contribution < -0.4 is 5.32 Å². The molecule has 16 heavy (non-hydrogen) atoms. The number of aryl methyl sites for hydroxylation is 1. The second-order valence-electron chi connectivity index (χ2n) is 4.43. The SMILES string of the molecule is Cc1ccc(Br)cc1NCCN1CCCC1. The van der Waals surface area contributed by atoms with E-state index < -0.39 is 0 Å². The molecule has 0 amide bonds. The van der Waals surface area contributed by atoms with E-state index in [0.717, 1.165) is 17.6 Å². The lowest BCUT2D eigenvalue weighted by atomic mass is 10.2. The summed E-state index contributed by atoms with van der Waals surface area (Å²) in [6, 6.07) is 6.38. The Labute approximate surface area is 106 Å². The van der Waals surface area contributed by atoms with Gasteiger partial charge in [0.25, 0.3) is 0 Å². The fourth-order valence-electron chi connectivity index (χ4n) is 2.14. The summed E-state index contributed by atoms with van der Waals surface area (Å²) in [5.41, 5.74) is 2.55. The molecule has 0 aliphatic carbocycles. The van der Waals surface area contributed by atoms with E-state index in [1.54, 1.807) is 0 Å². The molecule has 1 aliphatic heterocycles. The predicted octanol–water partition coefficient (Wildman–Crippen LogP) is 3.27. The van der Waals surface area contributed by atoms with Crippen molar-refractivity contribution in [3.8, 4) is 0 Å². The molecule has 0 unspecified atom stereocenters. The lowest BCUT2D eigenvalue weighted by Gasteiger charge is -2.16. The smallest absolute Gasteiger partial charge is 0.0381 e. The second kappa shape index (κ2) is 5.69. The number of nitrogens with one attached hydrogen (secondary N) is 1. The van der Waals surface area contributed by atoms with E-state index in [9.17, 15) is 0 Å². The molecule has 0 radical (unpaired) electrons. The van der Waals surface area contributed by atoms with Crippen molar-refractivity contribution >= 4 is 21.6 Å². The highest BCUT2D eigenvalue weighted by molar-refractivity contribution is 9.10. The van der Waals surface area contributed by atoms with Crippen LogP contribution in [0.5, 0.6) is 0 Å². The quantitative estimate of drug-likeness (QED) is 0.912. The van der Waals surface area contributed by atoms with Crippen molar-refractivity contribution in [1.29, 1.82) is 0 Å². The van der Waals surface area contributed by atoms with E-state index in [1.165, 1.54) is 37.2 Å². The van der Waals surface area contributed by atoms with Crippen LogP contribution in [-0.2, 0) is 0 Å². The first-order chi connectivity index (χ1) is 7.75. The number of likely N-dealkylation sites (tertiary alicyclic amines) is 1. The zero-order valence-corrected chi connectivity index (χ0v) is 11.4. The van der Waals surface area contributed by atoms with Crippen LogP contribution in [0, 0.1) is 6.92 Å². The molecule has 1 aliphatic rings. The van der Waals surface area contributed by atoms with Gasteiger partial charge in [-0.05, 0) is 50.6 Å². The zero-order valence-electron chi connectivity index (χ0n) is 9.80. The molecule has 2 nitrogen and oxygen atoms in total. The maximum Gasteiger partial charge on any atom is 0.0381 e. The third-order valence-corrected chi connectivity index (χ3v) is 3.64. The fraction of sp³-hybridized carbons (Fsp3) is 0.538. The summed E-state index contributed by atoms with van der Waals surface area (Å²) in [5.74, 6) is 0. The molecule has 0 spiro atoms. The topological polar surface area (TPSA) is 15.3 Å². The third-order valence-electron chi connectivity index (χ3n) is 3.14. The molecule has 3 heteroatoms. The van der Waals surface area contributed by atoms with Gasteiger partial charge < -0.3 is 10.2 Å². The van der Waals surface area contributed by atoms with E-state index in [-0.39, 0.29) is 0 Å². The summed E-state index contributed by atoms with van der Waals surface area (Å²) in [5, 5.41) is 3.51. The summed E-state index contributed by atoms with van der Waals surface area (Å²) >= 11 is 3.50. The van der Waals surface area contributed by atoms with E-state index in [4.69, 9.17) is 0 Å². The second-order valence-corrected chi connectivity index (χ2v) is 5.35. The number of anilines is 1. The van der Waals surface area contributed by atoms with E-state index in [1.807, 2.05) is 0 Å². The molecule has 1 saturated heterocycles. The van der Waals surface area contributed by atoms with Crippen molar-refractivity contribution in [3.63, 3.8) is 0 Å². The average molecular weight is 283 g/mol. The van der Waals surface area contributed by atoms with Gasteiger partial charge in [-0.15, -0.1) is 0 Å². The lowest BCUT2D eigenvalue weighted by molar-refractivity contribution is 0.352. The standard InChI is InChI=1S/C13H19BrN2/c1-11-4-5-12(14)10-13(11)15-6-9-16-7-2-3-8-16/h4-5,10,15H,2-3,6-9H2,1H3. The average Bonchev–Trinajstić information content (AvgIpc) is 2.76. The van der Waals surface area contributed by atoms with Gasteiger partial charge in [0.1, 0.15) is 0 Å². The van der Waals surface area contributed by atoms with Crippen LogP contribution in [0.25, 0.3) is 0 Å². The summed E-state index contributed by atoms with van der Waals surface area (Å²) < 4.78 is 1.14. The van der Waals surface area contributed by atoms with Crippen molar-refractivity contribution in [2.75, 3.05) is 31.5 Å². The molecule has 1 aromatic rings. The number of rotatable bonds is 4. The van der Waals surface area contributed by atoms with Crippen LogP contribution >= 0.6 is 15.9 Å². The van der Waals surface area contributed by atoms with Crippen LogP contribution in [0.2, 0.25) is 0 Å². The number of halogens is 1. The Balaban J connectivity index is 1.82. The largest absolute Gasteiger partial charge is 0.384 e. The molecule has 1 heterocycles. The molecule has 1 fully saturated rings.